The maximum absolute atomic E-state index is 12.5. The maximum Gasteiger partial charge on any atom is 0.306 e. The Kier molecular flexibility index (Phi) is 7.16. The predicted molar refractivity (Wildman–Crippen MR) is 117 cm³/mol. The largest absolute Gasteiger partial charge is 0.457 e. The Balaban J connectivity index is 1.48. The molecule has 0 unspecified atom stereocenters. The first-order chi connectivity index (χ1) is 15.1. The van der Waals surface area contributed by atoms with Crippen LogP contribution in [0.4, 0.5) is 0 Å². The fourth-order valence-corrected chi connectivity index (χ4v) is 5.20. The first-order valence-corrected chi connectivity index (χ1v) is 11.9. The lowest BCUT2D eigenvalue weighted by Crippen LogP contribution is -2.25. The van der Waals surface area contributed by atoms with Crippen molar-refractivity contribution in [2.45, 2.75) is 38.5 Å². The van der Waals surface area contributed by atoms with E-state index in [2.05, 4.69) is 18.5 Å². The van der Waals surface area contributed by atoms with Gasteiger partial charge in [0.2, 0.25) is 15.8 Å². The number of sulfonamides is 1. The van der Waals surface area contributed by atoms with Crippen molar-refractivity contribution in [3.63, 3.8) is 0 Å². The minimum Gasteiger partial charge on any atom is -0.457 e. The number of nitrogens with zero attached hydrogens (tertiary/aromatic N) is 2. The van der Waals surface area contributed by atoms with E-state index in [4.69, 9.17) is 4.74 Å². The lowest BCUT2D eigenvalue weighted by Gasteiger charge is -2.07. The summed E-state index contributed by atoms with van der Waals surface area (Å²) >= 11 is 0.926. The number of aromatic nitrogens is 3. The molecule has 0 atom stereocenters. The van der Waals surface area contributed by atoms with Crippen LogP contribution < -0.4 is 4.72 Å². The summed E-state index contributed by atoms with van der Waals surface area (Å²) < 4.78 is 40.5. The third kappa shape index (κ3) is 5.09. The van der Waals surface area contributed by atoms with Crippen molar-refractivity contribution in [3.05, 3.63) is 40.7 Å². The van der Waals surface area contributed by atoms with E-state index in [1.807, 2.05) is 0 Å². The van der Waals surface area contributed by atoms with Gasteiger partial charge in [-0.05, 0) is 44.9 Å². The number of H-pyrrole nitrogens is 1. The molecule has 0 saturated heterocycles. The van der Waals surface area contributed by atoms with Gasteiger partial charge in [0.05, 0.1) is 17.4 Å². The van der Waals surface area contributed by atoms with Crippen molar-refractivity contribution >= 4 is 50.3 Å². The molecule has 0 fully saturated rings. The zero-order valence-electron chi connectivity index (χ0n) is 17.7. The summed E-state index contributed by atoms with van der Waals surface area (Å²) in [6.07, 6.45) is 0.117. The molecule has 0 bridgehead atoms. The van der Waals surface area contributed by atoms with Crippen molar-refractivity contribution in [2.75, 3.05) is 13.2 Å². The molecular formula is C20H22N4O6S2. The van der Waals surface area contributed by atoms with Crippen LogP contribution in [-0.2, 0) is 19.6 Å². The molecule has 3 aromatic rings. The van der Waals surface area contributed by atoms with Crippen molar-refractivity contribution in [3.8, 4) is 0 Å². The molecule has 170 valence electrons. The zero-order chi connectivity index (χ0) is 23.5. The van der Waals surface area contributed by atoms with Crippen molar-refractivity contribution < 1.29 is 27.5 Å². The quantitative estimate of drug-likeness (QED) is 0.256. The molecule has 2 heterocycles. The molecular weight excluding hydrogens is 456 g/mol. The fraction of sp³-hybridized carbons (Fsp3) is 0.350. The van der Waals surface area contributed by atoms with E-state index in [1.54, 1.807) is 26.0 Å². The highest BCUT2D eigenvalue weighted by atomic mass is 32.2. The van der Waals surface area contributed by atoms with E-state index in [0.717, 1.165) is 11.7 Å². The number of aryl methyl sites for hydroxylation is 1. The first kappa shape index (κ1) is 23.7. The number of aromatic amines is 1. The van der Waals surface area contributed by atoms with Gasteiger partial charge in [-0.1, -0.05) is 6.07 Å². The topological polar surface area (TPSA) is 148 Å². The molecule has 0 amide bonds. The molecule has 0 aliphatic carbocycles. The summed E-state index contributed by atoms with van der Waals surface area (Å²) in [5.41, 5.74) is 2.59. The number of fused-ring (bicyclic) bond motifs is 1. The fourth-order valence-electron chi connectivity index (χ4n) is 3.36. The molecule has 0 aliphatic rings. The number of esters is 1. The van der Waals surface area contributed by atoms with Crippen LogP contribution in [0.15, 0.2) is 23.1 Å². The normalized spacial score (nSPS) is 11.6. The molecule has 32 heavy (non-hydrogen) atoms. The van der Waals surface area contributed by atoms with Gasteiger partial charge in [0.25, 0.3) is 0 Å². The molecule has 2 aromatic heterocycles. The third-order valence-corrected chi connectivity index (χ3v) is 6.86. The van der Waals surface area contributed by atoms with Crippen molar-refractivity contribution in [1.82, 2.24) is 18.5 Å². The SMILES string of the molecule is CC(=O)c1c(C)[nH]c(C(=O)COC(=O)CCCNS(=O)(=O)c2cccc3nsnc23)c1C. The average molecular weight is 479 g/mol. The molecule has 10 nitrogen and oxygen atoms in total. The summed E-state index contributed by atoms with van der Waals surface area (Å²) in [6.45, 7) is 4.31. The number of Topliss-reactive ketones (excluding diaryl/α,β-unsaturated/α-hetero) is 2. The van der Waals surface area contributed by atoms with Gasteiger partial charge >= 0.3 is 5.97 Å². The highest BCUT2D eigenvalue weighted by molar-refractivity contribution is 7.89. The van der Waals surface area contributed by atoms with Crippen LogP contribution in [0.2, 0.25) is 0 Å². The molecule has 12 heteroatoms. The number of benzene rings is 1. The summed E-state index contributed by atoms with van der Waals surface area (Å²) in [7, 11) is -3.81. The van der Waals surface area contributed by atoms with Crippen LogP contribution in [0.25, 0.3) is 11.0 Å². The van der Waals surface area contributed by atoms with Crippen LogP contribution >= 0.6 is 11.7 Å². The smallest absolute Gasteiger partial charge is 0.306 e. The van der Waals surface area contributed by atoms with Crippen molar-refractivity contribution in [1.29, 1.82) is 0 Å². The van der Waals surface area contributed by atoms with Gasteiger partial charge in [0, 0.05) is 24.2 Å². The number of rotatable bonds is 10. The average Bonchev–Trinajstić information content (AvgIpc) is 3.33. The number of carbonyl (C=O) groups excluding carboxylic acids is 3. The lowest BCUT2D eigenvalue weighted by atomic mass is 10.1. The standard InChI is InChI=1S/C20H22N4O6S2/c1-11-18(13(3)25)12(2)22-19(11)15(26)10-30-17(27)8-5-9-21-32(28,29)16-7-4-6-14-20(16)24-31-23-14/h4,6-7,21-22H,5,8-10H2,1-3H3. The van der Waals surface area contributed by atoms with E-state index < -0.39 is 28.4 Å². The summed E-state index contributed by atoms with van der Waals surface area (Å²) in [5.74, 6) is -1.23. The Morgan fingerprint density at radius 3 is 2.62 bits per heavy atom. The summed E-state index contributed by atoms with van der Waals surface area (Å²) in [6, 6.07) is 4.69. The Morgan fingerprint density at radius 1 is 1.19 bits per heavy atom. The van der Waals surface area contributed by atoms with Crippen LogP contribution in [0.3, 0.4) is 0 Å². The van der Waals surface area contributed by atoms with Gasteiger partial charge in [-0.2, -0.15) is 8.75 Å². The van der Waals surface area contributed by atoms with Gasteiger partial charge in [-0.15, -0.1) is 0 Å². The number of hydrogen-bond acceptors (Lipinski definition) is 9. The van der Waals surface area contributed by atoms with E-state index in [1.165, 1.54) is 13.0 Å². The lowest BCUT2D eigenvalue weighted by molar-refractivity contribution is -0.142. The second-order valence-corrected chi connectivity index (χ2v) is 9.42. The maximum atomic E-state index is 12.5. The zero-order valence-corrected chi connectivity index (χ0v) is 19.4. The Morgan fingerprint density at radius 2 is 1.94 bits per heavy atom. The predicted octanol–water partition coefficient (Wildman–Crippen LogP) is 2.32. The van der Waals surface area contributed by atoms with Crippen molar-refractivity contribution in [2.24, 2.45) is 0 Å². The van der Waals surface area contributed by atoms with Crippen LogP contribution in [0.1, 0.15) is 51.9 Å². The molecule has 3 rings (SSSR count). The highest BCUT2D eigenvalue weighted by Crippen LogP contribution is 2.21. The molecule has 0 radical (unpaired) electrons. The first-order valence-electron chi connectivity index (χ1n) is 9.71. The summed E-state index contributed by atoms with van der Waals surface area (Å²) in [5, 5.41) is 0. The van der Waals surface area contributed by atoms with Gasteiger partial charge in [0.15, 0.2) is 12.4 Å². The van der Waals surface area contributed by atoms with Gasteiger partial charge in [-0.3, -0.25) is 14.4 Å². The molecule has 0 saturated carbocycles. The summed E-state index contributed by atoms with van der Waals surface area (Å²) in [4.78, 5) is 38.9. The number of ether oxygens (including phenoxy) is 1. The molecule has 0 spiro atoms. The van der Waals surface area contributed by atoms with Crippen LogP contribution in [0.5, 0.6) is 0 Å². The van der Waals surface area contributed by atoms with E-state index in [-0.39, 0.29) is 35.8 Å². The second kappa shape index (κ2) is 9.67. The Bertz CT molecular complexity index is 1290. The molecule has 1 aromatic carbocycles. The number of ketones is 2. The third-order valence-electron chi connectivity index (χ3n) is 4.82. The Hall–Kier alpha value is -2.96. The number of hydrogen-bond donors (Lipinski definition) is 2. The van der Waals surface area contributed by atoms with Gasteiger partial charge < -0.3 is 9.72 Å². The number of nitrogens with one attached hydrogen (secondary N) is 2. The van der Waals surface area contributed by atoms with E-state index in [9.17, 15) is 22.8 Å². The number of carbonyl (C=O) groups is 3. The van der Waals surface area contributed by atoms with E-state index >= 15 is 0 Å². The second-order valence-electron chi connectivity index (χ2n) is 7.15. The van der Waals surface area contributed by atoms with Crippen LogP contribution in [0, 0.1) is 13.8 Å². The minimum atomic E-state index is -3.81. The molecule has 0 aliphatic heterocycles. The monoisotopic (exact) mass is 478 g/mol. The van der Waals surface area contributed by atoms with E-state index in [0.29, 0.717) is 27.9 Å². The van der Waals surface area contributed by atoms with Gasteiger partial charge in [0.1, 0.15) is 15.9 Å². The highest BCUT2D eigenvalue weighted by Gasteiger charge is 2.21. The molecule has 2 N–H and O–H groups in total. The van der Waals surface area contributed by atoms with Crippen LogP contribution in [-0.4, -0.2) is 52.8 Å². The minimum absolute atomic E-state index is 0.0102. The van der Waals surface area contributed by atoms with Gasteiger partial charge in [-0.25, -0.2) is 13.1 Å². The Labute approximate surface area is 188 Å².